The lowest BCUT2D eigenvalue weighted by atomic mass is 10.1. The summed E-state index contributed by atoms with van der Waals surface area (Å²) >= 11 is 11.6. The molecule has 0 spiro atoms. The quantitative estimate of drug-likeness (QED) is 0.470. The number of fused-ring (bicyclic) bond motifs is 3. The third kappa shape index (κ3) is 1.68. The molecule has 6 heteroatoms. The van der Waals surface area contributed by atoms with Crippen molar-refractivity contribution in [2.75, 3.05) is 0 Å². The normalized spacial score (nSPS) is 11.3. The van der Waals surface area contributed by atoms with Gasteiger partial charge in [-0.1, -0.05) is 35.3 Å². The van der Waals surface area contributed by atoms with Crippen molar-refractivity contribution >= 4 is 45.1 Å². The van der Waals surface area contributed by atoms with E-state index in [1.165, 1.54) is 0 Å². The standard InChI is InChI=1S/C13H6Cl2O4/c1-5-3-2-4-6-10(5)18-12(16)7-8(14)9(15)13(17)19-11(6)7/h2-4H,1H3. The Hall–Kier alpha value is -1.78. The predicted octanol–water partition coefficient (Wildman–Crippen LogP) is 3.51. The van der Waals surface area contributed by atoms with Gasteiger partial charge in [0.15, 0.2) is 5.58 Å². The molecule has 1 aromatic carbocycles. The molecule has 0 atom stereocenters. The summed E-state index contributed by atoms with van der Waals surface area (Å²) in [7, 11) is 0. The number of aryl methyl sites for hydroxylation is 1. The molecule has 0 saturated heterocycles. The Morgan fingerprint density at radius 3 is 2.37 bits per heavy atom. The maximum absolute atomic E-state index is 12.0. The lowest BCUT2D eigenvalue weighted by molar-refractivity contribution is 0.542. The van der Waals surface area contributed by atoms with Crippen LogP contribution in [0.25, 0.3) is 21.9 Å². The molecule has 4 nitrogen and oxygen atoms in total. The molecule has 2 aromatic heterocycles. The van der Waals surface area contributed by atoms with Crippen LogP contribution in [0.3, 0.4) is 0 Å². The first-order valence-electron chi connectivity index (χ1n) is 5.35. The number of halogens is 2. The third-order valence-corrected chi connectivity index (χ3v) is 3.69. The highest BCUT2D eigenvalue weighted by atomic mass is 35.5. The summed E-state index contributed by atoms with van der Waals surface area (Å²) in [5, 5.41) is 0.00757. The van der Waals surface area contributed by atoms with Crippen LogP contribution in [0.5, 0.6) is 0 Å². The number of para-hydroxylation sites is 1. The highest BCUT2D eigenvalue weighted by Gasteiger charge is 2.18. The molecule has 3 rings (SSSR count). The molecule has 3 aromatic rings. The second kappa shape index (κ2) is 4.11. The topological polar surface area (TPSA) is 60.4 Å². The van der Waals surface area contributed by atoms with Crippen LogP contribution in [0.1, 0.15) is 5.56 Å². The second-order valence-corrected chi connectivity index (χ2v) is 4.82. The van der Waals surface area contributed by atoms with E-state index in [9.17, 15) is 9.59 Å². The third-order valence-electron chi connectivity index (χ3n) is 2.87. The smallest absolute Gasteiger partial charge is 0.356 e. The molecule has 19 heavy (non-hydrogen) atoms. The Bertz CT molecular complexity index is 937. The van der Waals surface area contributed by atoms with Gasteiger partial charge in [0.25, 0.3) is 0 Å². The van der Waals surface area contributed by atoms with Gasteiger partial charge in [0.1, 0.15) is 16.0 Å². The Labute approximate surface area is 116 Å². The Morgan fingerprint density at radius 1 is 0.947 bits per heavy atom. The van der Waals surface area contributed by atoms with Crippen molar-refractivity contribution in [3.8, 4) is 0 Å². The fourth-order valence-corrected chi connectivity index (χ4v) is 2.34. The minimum absolute atomic E-state index is 0.0237. The van der Waals surface area contributed by atoms with E-state index in [0.717, 1.165) is 5.56 Å². The van der Waals surface area contributed by atoms with E-state index in [2.05, 4.69) is 0 Å². The fraction of sp³-hybridized carbons (Fsp3) is 0.0769. The molecule has 0 bridgehead atoms. The molecule has 2 heterocycles. The second-order valence-electron chi connectivity index (χ2n) is 4.06. The van der Waals surface area contributed by atoms with Crippen LogP contribution in [-0.4, -0.2) is 0 Å². The zero-order valence-electron chi connectivity index (χ0n) is 9.62. The summed E-state index contributed by atoms with van der Waals surface area (Å²) in [6.07, 6.45) is 0. The predicted molar refractivity (Wildman–Crippen MR) is 73.3 cm³/mol. The van der Waals surface area contributed by atoms with Crippen LogP contribution in [-0.2, 0) is 0 Å². The van der Waals surface area contributed by atoms with Crippen LogP contribution in [0.15, 0.2) is 36.6 Å². The van der Waals surface area contributed by atoms with E-state index < -0.39 is 11.3 Å². The van der Waals surface area contributed by atoms with Crippen LogP contribution in [0.2, 0.25) is 10.0 Å². The molecule has 0 aliphatic rings. The molecule has 0 aliphatic carbocycles. The Morgan fingerprint density at radius 2 is 1.63 bits per heavy atom. The zero-order chi connectivity index (χ0) is 13.7. The highest BCUT2D eigenvalue weighted by molar-refractivity contribution is 6.45. The summed E-state index contributed by atoms with van der Waals surface area (Å²) < 4.78 is 10.3. The average Bonchev–Trinajstić information content (AvgIpc) is 2.37. The summed E-state index contributed by atoms with van der Waals surface area (Å²) in [6.45, 7) is 1.78. The van der Waals surface area contributed by atoms with Crippen molar-refractivity contribution in [3.63, 3.8) is 0 Å². The number of hydrogen-bond acceptors (Lipinski definition) is 4. The minimum Gasteiger partial charge on any atom is -0.422 e. The summed E-state index contributed by atoms with van der Waals surface area (Å²) in [4.78, 5) is 23.5. The number of hydrogen-bond donors (Lipinski definition) is 0. The van der Waals surface area contributed by atoms with Gasteiger partial charge in [-0.05, 0) is 18.6 Å². The Kier molecular flexibility index (Phi) is 2.66. The first-order chi connectivity index (χ1) is 9.00. The number of rotatable bonds is 0. The van der Waals surface area contributed by atoms with Crippen molar-refractivity contribution in [3.05, 3.63) is 54.6 Å². The molecule has 0 N–H and O–H groups in total. The molecule has 0 aliphatic heterocycles. The number of benzene rings is 1. The lowest BCUT2D eigenvalue weighted by Crippen LogP contribution is -2.07. The van der Waals surface area contributed by atoms with Gasteiger partial charge in [-0.3, -0.25) is 0 Å². The van der Waals surface area contributed by atoms with Gasteiger partial charge in [-0.25, -0.2) is 9.59 Å². The monoisotopic (exact) mass is 296 g/mol. The maximum atomic E-state index is 12.0. The summed E-state index contributed by atoms with van der Waals surface area (Å²) in [6, 6.07) is 5.23. The van der Waals surface area contributed by atoms with Crippen LogP contribution in [0, 0.1) is 6.92 Å². The molecule has 0 radical (unpaired) electrons. The molecule has 0 fully saturated rings. The summed E-state index contributed by atoms with van der Waals surface area (Å²) in [5.74, 6) is 0. The van der Waals surface area contributed by atoms with Gasteiger partial charge < -0.3 is 8.83 Å². The van der Waals surface area contributed by atoms with Gasteiger partial charge in [-0.2, -0.15) is 0 Å². The van der Waals surface area contributed by atoms with Crippen LogP contribution in [0.4, 0.5) is 0 Å². The first-order valence-corrected chi connectivity index (χ1v) is 6.10. The van der Waals surface area contributed by atoms with E-state index >= 15 is 0 Å². The van der Waals surface area contributed by atoms with Gasteiger partial charge in [0, 0.05) is 0 Å². The van der Waals surface area contributed by atoms with Crippen molar-refractivity contribution in [2.24, 2.45) is 0 Å². The average molecular weight is 297 g/mol. The van der Waals surface area contributed by atoms with Crippen molar-refractivity contribution in [1.29, 1.82) is 0 Å². The SMILES string of the molecule is Cc1cccc2c1oc(=O)c1c(Cl)c(Cl)c(=O)oc12. The molecular formula is C13H6Cl2O4. The largest absolute Gasteiger partial charge is 0.422 e. The van der Waals surface area contributed by atoms with Gasteiger partial charge in [-0.15, -0.1) is 0 Å². The lowest BCUT2D eigenvalue weighted by Gasteiger charge is -2.04. The molecule has 96 valence electrons. The van der Waals surface area contributed by atoms with Crippen molar-refractivity contribution < 1.29 is 8.83 Å². The van der Waals surface area contributed by atoms with Crippen molar-refractivity contribution in [2.45, 2.75) is 6.92 Å². The highest BCUT2D eigenvalue weighted by Crippen LogP contribution is 2.30. The van der Waals surface area contributed by atoms with E-state index in [-0.39, 0.29) is 21.0 Å². The minimum atomic E-state index is -0.785. The van der Waals surface area contributed by atoms with Crippen LogP contribution >= 0.6 is 23.2 Å². The van der Waals surface area contributed by atoms with E-state index in [1.54, 1.807) is 25.1 Å². The van der Waals surface area contributed by atoms with Gasteiger partial charge >= 0.3 is 11.3 Å². The van der Waals surface area contributed by atoms with E-state index in [1.807, 2.05) is 0 Å². The van der Waals surface area contributed by atoms with Crippen LogP contribution < -0.4 is 11.3 Å². The van der Waals surface area contributed by atoms with E-state index in [4.69, 9.17) is 32.0 Å². The van der Waals surface area contributed by atoms with Gasteiger partial charge in [0.05, 0.1) is 10.4 Å². The Balaban J connectivity index is 2.75. The van der Waals surface area contributed by atoms with E-state index in [0.29, 0.717) is 11.0 Å². The zero-order valence-corrected chi connectivity index (χ0v) is 11.1. The summed E-state index contributed by atoms with van der Waals surface area (Å²) in [5.41, 5.74) is -0.263. The van der Waals surface area contributed by atoms with Crippen molar-refractivity contribution in [1.82, 2.24) is 0 Å². The molecule has 0 amide bonds. The van der Waals surface area contributed by atoms with Gasteiger partial charge in [0.2, 0.25) is 0 Å². The molecule has 0 saturated carbocycles. The molecule has 0 unspecified atom stereocenters. The first kappa shape index (κ1) is 12.3. The fourth-order valence-electron chi connectivity index (χ4n) is 1.97. The molecular weight excluding hydrogens is 291 g/mol. The maximum Gasteiger partial charge on any atom is 0.356 e.